The molecule has 0 spiro atoms. The summed E-state index contributed by atoms with van der Waals surface area (Å²) in [6.45, 7) is 3.01. The summed E-state index contributed by atoms with van der Waals surface area (Å²) >= 11 is 0. The highest BCUT2D eigenvalue weighted by atomic mass is 35.5. The molecular weight excluding hydrogens is 290 g/mol. The Morgan fingerprint density at radius 3 is 2.43 bits per heavy atom. The second-order valence-corrected chi connectivity index (χ2v) is 4.81. The number of nitrogens with two attached hydrogens (primary N) is 1. The maximum absolute atomic E-state index is 12.3. The zero-order valence-electron chi connectivity index (χ0n) is 12.0. The second-order valence-electron chi connectivity index (χ2n) is 4.81. The van der Waals surface area contributed by atoms with Gasteiger partial charge in [0.2, 0.25) is 0 Å². The number of aryl methyl sites for hydroxylation is 1. The summed E-state index contributed by atoms with van der Waals surface area (Å²) in [4.78, 5) is 24.3. The average molecular weight is 310 g/mol. The molecule has 5 nitrogen and oxygen atoms in total. The van der Waals surface area contributed by atoms with Crippen molar-refractivity contribution in [1.82, 2.24) is 9.13 Å². The fourth-order valence-corrected chi connectivity index (χ4v) is 2.14. The first-order valence-electron chi connectivity index (χ1n) is 6.68. The van der Waals surface area contributed by atoms with Crippen molar-refractivity contribution in [3.8, 4) is 0 Å². The van der Waals surface area contributed by atoms with Crippen LogP contribution in [0.3, 0.4) is 0 Å². The predicted octanol–water partition coefficient (Wildman–Crippen LogP) is 1.14. The Kier molecular flexibility index (Phi) is 6.39. The molecular formula is C15H20ClN3O2. The van der Waals surface area contributed by atoms with E-state index in [1.807, 2.05) is 30.3 Å². The molecule has 0 atom stereocenters. The molecule has 0 aliphatic carbocycles. The van der Waals surface area contributed by atoms with Gasteiger partial charge in [0.15, 0.2) is 0 Å². The van der Waals surface area contributed by atoms with Gasteiger partial charge in [-0.1, -0.05) is 30.3 Å². The monoisotopic (exact) mass is 309 g/mol. The van der Waals surface area contributed by atoms with Crippen molar-refractivity contribution < 1.29 is 0 Å². The Hall–Kier alpha value is -1.85. The van der Waals surface area contributed by atoms with Crippen LogP contribution in [0.4, 0.5) is 0 Å². The Morgan fingerprint density at radius 2 is 1.81 bits per heavy atom. The Balaban J connectivity index is 0.00000220. The second kappa shape index (κ2) is 7.81. The number of rotatable bonds is 5. The van der Waals surface area contributed by atoms with E-state index in [4.69, 9.17) is 5.73 Å². The first kappa shape index (κ1) is 17.2. The smallest absolute Gasteiger partial charge is 0.330 e. The summed E-state index contributed by atoms with van der Waals surface area (Å²) < 4.78 is 2.84. The third-order valence-corrected chi connectivity index (χ3v) is 3.19. The lowest BCUT2D eigenvalue weighted by Gasteiger charge is -2.11. The van der Waals surface area contributed by atoms with Gasteiger partial charge in [0.25, 0.3) is 5.56 Å². The molecule has 0 radical (unpaired) electrons. The highest BCUT2D eigenvalue weighted by Crippen LogP contribution is 2.00. The lowest BCUT2D eigenvalue weighted by atomic mass is 10.2. The van der Waals surface area contributed by atoms with Gasteiger partial charge < -0.3 is 5.73 Å². The van der Waals surface area contributed by atoms with Crippen molar-refractivity contribution in [1.29, 1.82) is 0 Å². The summed E-state index contributed by atoms with van der Waals surface area (Å²) in [7, 11) is 0. The van der Waals surface area contributed by atoms with E-state index in [0.29, 0.717) is 31.6 Å². The maximum Gasteiger partial charge on any atom is 0.331 e. The average Bonchev–Trinajstić information content (AvgIpc) is 2.46. The first-order valence-corrected chi connectivity index (χ1v) is 6.68. The summed E-state index contributed by atoms with van der Waals surface area (Å²) in [5, 5.41) is 0. The Bertz CT molecular complexity index is 692. The Morgan fingerprint density at radius 1 is 1.14 bits per heavy atom. The van der Waals surface area contributed by atoms with E-state index in [1.165, 1.54) is 4.57 Å². The maximum atomic E-state index is 12.3. The fourth-order valence-electron chi connectivity index (χ4n) is 2.14. The minimum absolute atomic E-state index is 0. The van der Waals surface area contributed by atoms with E-state index in [0.717, 1.165) is 5.56 Å². The van der Waals surface area contributed by atoms with Gasteiger partial charge in [-0.05, 0) is 25.5 Å². The number of aromatic nitrogens is 2. The molecule has 0 amide bonds. The van der Waals surface area contributed by atoms with Gasteiger partial charge in [0, 0.05) is 18.3 Å². The molecule has 0 saturated heterocycles. The lowest BCUT2D eigenvalue weighted by Crippen LogP contribution is -2.41. The largest absolute Gasteiger partial charge is 0.331 e. The molecule has 2 N–H and O–H groups in total. The molecule has 114 valence electrons. The molecule has 1 aromatic carbocycles. The Labute approximate surface area is 129 Å². The SMILES string of the molecule is Cc1cn(Cc2ccccc2)c(=O)n(CCCN)c1=O.Cl. The van der Waals surface area contributed by atoms with Crippen LogP contribution < -0.4 is 17.0 Å². The molecule has 2 aromatic rings. The minimum atomic E-state index is -0.280. The molecule has 1 aromatic heterocycles. The third-order valence-electron chi connectivity index (χ3n) is 3.19. The standard InChI is InChI=1S/C15H19N3O2.ClH/c1-12-10-17(11-13-6-3-2-4-7-13)15(20)18(14(12)19)9-5-8-16;/h2-4,6-7,10H,5,8-9,11,16H2,1H3;1H. The molecule has 0 unspecified atom stereocenters. The molecule has 6 heteroatoms. The van der Waals surface area contributed by atoms with E-state index in [-0.39, 0.29) is 23.7 Å². The summed E-state index contributed by atoms with van der Waals surface area (Å²) in [6, 6.07) is 9.70. The van der Waals surface area contributed by atoms with Crippen molar-refractivity contribution in [2.45, 2.75) is 26.4 Å². The molecule has 0 aliphatic rings. The summed E-state index contributed by atoms with van der Waals surface area (Å²) in [6.07, 6.45) is 2.24. The molecule has 0 saturated carbocycles. The zero-order chi connectivity index (χ0) is 14.5. The first-order chi connectivity index (χ1) is 9.63. The van der Waals surface area contributed by atoms with Crippen LogP contribution in [-0.2, 0) is 13.1 Å². The van der Waals surface area contributed by atoms with Gasteiger partial charge in [-0.25, -0.2) is 4.79 Å². The highest BCUT2D eigenvalue weighted by molar-refractivity contribution is 5.85. The lowest BCUT2D eigenvalue weighted by molar-refractivity contribution is 0.550. The van der Waals surface area contributed by atoms with Crippen molar-refractivity contribution in [2.75, 3.05) is 6.54 Å². The highest BCUT2D eigenvalue weighted by Gasteiger charge is 2.08. The van der Waals surface area contributed by atoms with Crippen molar-refractivity contribution in [3.05, 3.63) is 68.5 Å². The van der Waals surface area contributed by atoms with Gasteiger partial charge in [-0.15, -0.1) is 12.4 Å². The number of halogens is 1. The van der Waals surface area contributed by atoms with Gasteiger partial charge in [0.05, 0.1) is 6.54 Å². The van der Waals surface area contributed by atoms with Gasteiger partial charge in [-0.3, -0.25) is 13.9 Å². The van der Waals surface area contributed by atoms with Crippen molar-refractivity contribution >= 4 is 12.4 Å². The number of nitrogens with zero attached hydrogens (tertiary/aromatic N) is 2. The minimum Gasteiger partial charge on any atom is -0.330 e. The van der Waals surface area contributed by atoms with Gasteiger partial charge in [0.1, 0.15) is 0 Å². The van der Waals surface area contributed by atoms with E-state index in [1.54, 1.807) is 17.7 Å². The molecule has 2 rings (SSSR count). The molecule has 0 fully saturated rings. The van der Waals surface area contributed by atoms with Crippen LogP contribution in [0.25, 0.3) is 0 Å². The van der Waals surface area contributed by atoms with Crippen LogP contribution in [0, 0.1) is 6.92 Å². The van der Waals surface area contributed by atoms with E-state index >= 15 is 0 Å². The van der Waals surface area contributed by atoms with Crippen LogP contribution in [-0.4, -0.2) is 15.7 Å². The topological polar surface area (TPSA) is 70.0 Å². The third kappa shape index (κ3) is 4.06. The predicted molar refractivity (Wildman–Crippen MR) is 86.2 cm³/mol. The van der Waals surface area contributed by atoms with E-state index in [9.17, 15) is 9.59 Å². The van der Waals surface area contributed by atoms with Crippen LogP contribution >= 0.6 is 12.4 Å². The van der Waals surface area contributed by atoms with Gasteiger partial charge in [-0.2, -0.15) is 0 Å². The molecule has 0 bridgehead atoms. The summed E-state index contributed by atoms with van der Waals surface area (Å²) in [5.74, 6) is 0. The molecule has 21 heavy (non-hydrogen) atoms. The van der Waals surface area contributed by atoms with Crippen LogP contribution in [0.15, 0.2) is 46.1 Å². The van der Waals surface area contributed by atoms with E-state index < -0.39 is 0 Å². The number of hydrogen-bond donors (Lipinski definition) is 1. The van der Waals surface area contributed by atoms with Gasteiger partial charge >= 0.3 is 5.69 Å². The van der Waals surface area contributed by atoms with E-state index in [2.05, 4.69) is 0 Å². The van der Waals surface area contributed by atoms with Crippen molar-refractivity contribution in [3.63, 3.8) is 0 Å². The van der Waals surface area contributed by atoms with Crippen LogP contribution in [0.1, 0.15) is 17.5 Å². The molecule has 0 aliphatic heterocycles. The van der Waals surface area contributed by atoms with Crippen LogP contribution in [0.2, 0.25) is 0 Å². The number of hydrogen-bond acceptors (Lipinski definition) is 3. The zero-order valence-corrected chi connectivity index (χ0v) is 12.8. The normalized spacial score (nSPS) is 10.2. The number of benzene rings is 1. The van der Waals surface area contributed by atoms with Crippen LogP contribution in [0.5, 0.6) is 0 Å². The van der Waals surface area contributed by atoms with Crippen molar-refractivity contribution in [2.24, 2.45) is 5.73 Å². The fraction of sp³-hybridized carbons (Fsp3) is 0.333. The molecule has 1 heterocycles. The quantitative estimate of drug-likeness (QED) is 0.900. The summed E-state index contributed by atoms with van der Waals surface area (Å²) in [5.41, 5.74) is 6.54.